The number of amides is 3. The van der Waals surface area contributed by atoms with Gasteiger partial charge in [0.25, 0.3) is 5.91 Å². The van der Waals surface area contributed by atoms with Crippen LogP contribution in [-0.2, 0) is 11.0 Å². The standard InChI is InChI=1S/C39H44ClFN6O3/c40-32-11-7-31(8-12-32)39(50)18-25-46(26-19-39)22-4-17-38(35-6-1-2-21-43-35,30-9-13-33(41)14-10-30)28-44-37(49)45-34-15-23-47(24-16-34)36(48)29-5-3-20-42-27-29/h1-3,5-14,20-21,27,34,50H,4,15-19,22-26,28H2,(H2,44,45,49). The summed E-state index contributed by atoms with van der Waals surface area (Å²) in [4.78, 5) is 39.2. The van der Waals surface area contributed by atoms with Crippen LogP contribution < -0.4 is 10.6 Å². The number of piperidine rings is 2. The Balaban J connectivity index is 1.10. The van der Waals surface area contributed by atoms with Gasteiger partial charge in [0, 0.05) is 62.4 Å². The van der Waals surface area contributed by atoms with Crippen molar-refractivity contribution in [1.82, 2.24) is 30.4 Å². The molecule has 2 saturated heterocycles. The van der Waals surface area contributed by atoms with Crippen LogP contribution in [0.1, 0.15) is 65.7 Å². The molecule has 2 aliphatic rings. The normalized spacial score (nSPS) is 17.9. The van der Waals surface area contributed by atoms with E-state index in [-0.39, 0.29) is 30.3 Å². The summed E-state index contributed by atoms with van der Waals surface area (Å²) < 4.78 is 14.2. The van der Waals surface area contributed by atoms with E-state index in [4.69, 9.17) is 16.6 Å². The average molecular weight is 699 g/mol. The zero-order valence-electron chi connectivity index (χ0n) is 28.1. The molecule has 4 aromatic rings. The van der Waals surface area contributed by atoms with E-state index in [0.717, 1.165) is 42.9 Å². The van der Waals surface area contributed by atoms with E-state index in [1.54, 1.807) is 47.8 Å². The molecule has 0 bridgehead atoms. The minimum Gasteiger partial charge on any atom is -0.385 e. The number of carbonyl (C=O) groups excluding carboxylic acids is 2. The third-order valence-electron chi connectivity index (χ3n) is 10.3. The maximum atomic E-state index is 14.2. The number of benzene rings is 2. The second kappa shape index (κ2) is 16.1. The Hall–Kier alpha value is -4.38. The molecule has 11 heteroatoms. The minimum atomic E-state index is -0.879. The third-order valence-corrected chi connectivity index (χ3v) is 10.5. The topological polar surface area (TPSA) is 111 Å². The molecule has 1 atom stereocenters. The van der Waals surface area contributed by atoms with E-state index >= 15 is 0 Å². The fourth-order valence-corrected chi connectivity index (χ4v) is 7.41. The van der Waals surface area contributed by atoms with Gasteiger partial charge in [-0.25, -0.2) is 9.18 Å². The first-order valence-electron chi connectivity index (χ1n) is 17.4. The van der Waals surface area contributed by atoms with Crippen LogP contribution in [0.25, 0.3) is 0 Å². The van der Waals surface area contributed by atoms with Crippen molar-refractivity contribution < 1.29 is 19.1 Å². The zero-order chi connectivity index (χ0) is 35.0. The first kappa shape index (κ1) is 35.4. The van der Waals surface area contributed by atoms with Crippen LogP contribution in [0.3, 0.4) is 0 Å². The lowest BCUT2D eigenvalue weighted by molar-refractivity contribution is -0.0262. The lowest BCUT2D eigenvalue weighted by Gasteiger charge is -2.39. The molecule has 2 aromatic carbocycles. The summed E-state index contributed by atoms with van der Waals surface area (Å²) in [5.74, 6) is -0.383. The molecule has 0 aliphatic carbocycles. The highest BCUT2D eigenvalue weighted by molar-refractivity contribution is 6.30. The molecule has 0 spiro atoms. The molecule has 3 N–H and O–H groups in total. The lowest BCUT2D eigenvalue weighted by Crippen LogP contribution is -2.51. The fourth-order valence-electron chi connectivity index (χ4n) is 7.28. The van der Waals surface area contributed by atoms with Gasteiger partial charge in [0.05, 0.1) is 22.3 Å². The van der Waals surface area contributed by atoms with E-state index in [9.17, 15) is 19.1 Å². The molecule has 2 aliphatic heterocycles. The molecule has 3 amide bonds. The summed E-state index contributed by atoms with van der Waals surface area (Å²) in [5.41, 5.74) is 1.52. The molecule has 262 valence electrons. The predicted octanol–water partition coefficient (Wildman–Crippen LogP) is 5.92. The molecule has 2 aromatic heterocycles. The number of aliphatic hydroxyl groups is 1. The minimum absolute atomic E-state index is 0.0535. The van der Waals surface area contributed by atoms with Crippen molar-refractivity contribution in [3.8, 4) is 0 Å². The molecule has 0 saturated carbocycles. The van der Waals surface area contributed by atoms with Gasteiger partial charge in [-0.05, 0) is 105 Å². The second-order valence-electron chi connectivity index (χ2n) is 13.4. The number of nitrogens with zero attached hydrogens (tertiary/aromatic N) is 4. The monoisotopic (exact) mass is 698 g/mol. The Morgan fingerprint density at radius 1 is 0.940 bits per heavy atom. The van der Waals surface area contributed by atoms with Crippen LogP contribution in [0.5, 0.6) is 0 Å². The van der Waals surface area contributed by atoms with Gasteiger partial charge in [-0.2, -0.15) is 0 Å². The van der Waals surface area contributed by atoms with Gasteiger partial charge in [0.1, 0.15) is 5.82 Å². The highest BCUT2D eigenvalue weighted by atomic mass is 35.5. The number of pyridine rings is 2. The molecular formula is C39H44ClFN6O3. The van der Waals surface area contributed by atoms with Crippen molar-refractivity contribution in [2.24, 2.45) is 0 Å². The molecule has 50 heavy (non-hydrogen) atoms. The van der Waals surface area contributed by atoms with Gasteiger partial charge >= 0.3 is 6.03 Å². The number of hydrogen-bond acceptors (Lipinski definition) is 6. The second-order valence-corrected chi connectivity index (χ2v) is 13.9. The van der Waals surface area contributed by atoms with Gasteiger partial charge in [-0.15, -0.1) is 0 Å². The molecule has 9 nitrogen and oxygen atoms in total. The Bertz CT molecular complexity index is 1700. The van der Waals surface area contributed by atoms with E-state index < -0.39 is 11.0 Å². The van der Waals surface area contributed by atoms with Crippen LogP contribution in [0.2, 0.25) is 5.02 Å². The van der Waals surface area contributed by atoms with Gasteiger partial charge in [0.15, 0.2) is 0 Å². The van der Waals surface area contributed by atoms with Crippen LogP contribution >= 0.6 is 11.6 Å². The molecular weight excluding hydrogens is 655 g/mol. The Morgan fingerprint density at radius 3 is 2.34 bits per heavy atom. The summed E-state index contributed by atoms with van der Waals surface area (Å²) >= 11 is 6.07. The van der Waals surface area contributed by atoms with Gasteiger partial charge in [-0.1, -0.05) is 41.9 Å². The third kappa shape index (κ3) is 8.49. The Labute approximate surface area is 297 Å². The highest BCUT2D eigenvalue weighted by Crippen LogP contribution is 2.37. The van der Waals surface area contributed by atoms with Crippen molar-refractivity contribution in [1.29, 1.82) is 0 Å². The maximum absolute atomic E-state index is 14.2. The van der Waals surface area contributed by atoms with E-state index in [2.05, 4.69) is 20.5 Å². The summed E-state index contributed by atoms with van der Waals surface area (Å²) in [6, 6.07) is 22.8. The molecule has 4 heterocycles. The SMILES string of the molecule is O=C(NCC(CCCN1CCC(O)(c2ccc(Cl)cc2)CC1)(c1ccc(F)cc1)c1ccccn1)NC1CCN(C(=O)c2cccnc2)CC1. The number of rotatable bonds is 11. The molecule has 2 fully saturated rings. The Kier molecular flexibility index (Phi) is 11.4. The van der Waals surface area contributed by atoms with Crippen molar-refractivity contribution in [3.05, 3.63) is 131 Å². The summed E-state index contributed by atoms with van der Waals surface area (Å²) in [7, 11) is 0. The number of halogens is 2. The fraction of sp³-hybridized carbons (Fsp3) is 0.385. The molecule has 6 rings (SSSR count). The van der Waals surface area contributed by atoms with E-state index in [0.29, 0.717) is 55.8 Å². The van der Waals surface area contributed by atoms with Crippen molar-refractivity contribution >= 4 is 23.5 Å². The van der Waals surface area contributed by atoms with Crippen molar-refractivity contribution in [2.45, 2.75) is 55.6 Å². The largest absolute Gasteiger partial charge is 0.385 e. The first-order valence-corrected chi connectivity index (χ1v) is 17.7. The van der Waals surface area contributed by atoms with E-state index in [1.807, 2.05) is 42.5 Å². The van der Waals surface area contributed by atoms with Crippen LogP contribution in [-0.4, -0.2) is 82.1 Å². The van der Waals surface area contributed by atoms with Gasteiger partial charge in [0.2, 0.25) is 0 Å². The predicted molar refractivity (Wildman–Crippen MR) is 191 cm³/mol. The van der Waals surface area contributed by atoms with Gasteiger partial charge in [-0.3, -0.25) is 14.8 Å². The van der Waals surface area contributed by atoms with Crippen molar-refractivity contribution in [3.63, 3.8) is 0 Å². The average Bonchev–Trinajstić information content (AvgIpc) is 3.15. The zero-order valence-corrected chi connectivity index (χ0v) is 28.9. The number of nitrogens with one attached hydrogen (secondary N) is 2. The summed E-state index contributed by atoms with van der Waals surface area (Å²) in [6.45, 7) is 3.64. The summed E-state index contributed by atoms with van der Waals surface area (Å²) in [6.07, 6.45) is 8.94. The van der Waals surface area contributed by atoms with Crippen LogP contribution in [0.15, 0.2) is 97.5 Å². The molecule has 1 unspecified atom stereocenters. The number of carbonyl (C=O) groups is 2. The lowest BCUT2D eigenvalue weighted by atomic mass is 9.73. The number of urea groups is 1. The maximum Gasteiger partial charge on any atom is 0.315 e. The quantitative estimate of drug-likeness (QED) is 0.179. The molecule has 0 radical (unpaired) electrons. The van der Waals surface area contributed by atoms with Crippen molar-refractivity contribution in [2.75, 3.05) is 39.3 Å². The van der Waals surface area contributed by atoms with Crippen LogP contribution in [0, 0.1) is 5.82 Å². The number of likely N-dealkylation sites (tertiary alicyclic amines) is 2. The van der Waals surface area contributed by atoms with Crippen LogP contribution in [0.4, 0.5) is 9.18 Å². The number of hydrogen-bond donors (Lipinski definition) is 3. The number of aromatic nitrogens is 2. The smallest absolute Gasteiger partial charge is 0.315 e. The summed E-state index contributed by atoms with van der Waals surface area (Å²) in [5, 5.41) is 18.3. The van der Waals surface area contributed by atoms with E-state index in [1.165, 1.54) is 12.1 Å². The highest BCUT2D eigenvalue weighted by Gasteiger charge is 2.38. The Morgan fingerprint density at radius 2 is 1.68 bits per heavy atom. The first-order chi connectivity index (χ1) is 24.2. The van der Waals surface area contributed by atoms with Gasteiger partial charge < -0.3 is 25.5 Å².